The van der Waals surface area contributed by atoms with Gasteiger partial charge in [-0.2, -0.15) is 8.78 Å². The van der Waals surface area contributed by atoms with Gasteiger partial charge in [-0.15, -0.1) is 0 Å². The van der Waals surface area contributed by atoms with Crippen molar-refractivity contribution in [2.45, 2.75) is 37.0 Å². The van der Waals surface area contributed by atoms with Crippen molar-refractivity contribution in [2.24, 2.45) is 0 Å². The first-order valence-corrected chi connectivity index (χ1v) is 10.2. The average molecular weight is 411 g/mol. The van der Waals surface area contributed by atoms with Crippen LogP contribution in [0.1, 0.15) is 29.8 Å². The highest BCUT2D eigenvalue weighted by Gasteiger charge is 2.27. The Labute approximate surface area is 161 Å². The van der Waals surface area contributed by atoms with Crippen LogP contribution >= 0.6 is 0 Å². The summed E-state index contributed by atoms with van der Waals surface area (Å²) in [6, 6.07) is 7.81. The van der Waals surface area contributed by atoms with Crippen LogP contribution in [0.15, 0.2) is 41.3 Å². The van der Waals surface area contributed by atoms with Crippen LogP contribution in [0.25, 0.3) is 0 Å². The molecule has 9 heteroatoms. The van der Waals surface area contributed by atoms with Gasteiger partial charge in [0.2, 0.25) is 9.84 Å². The van der Waals surface area contributed by atoms with Crippen molar-refractivity contribution in [3.05, 3.63) is 47.5 Å². The van der Waals surface area contributed by atoms with Gasteiger partial charge >= 0.3 is 5.76 Å². The Hall–Kier alpha value is -2.68. The zero-order valence-corrected chi connectivity index (χ0v) is 16.1. The third-order valence-electron chi connectivity index (χ3n) is 4.23. The van der Waals surface area contributed by atoms with Crippen molar-refractivity contribution in [2.75, 3.05) is 11.9 Å². The molecular weight excluding hydrogens is 392 g/mol. The van der Waals surface area contributed by atoms with E-state index in [0.29, 0.717) is 23.8 Å². The van der Waals surface area contributed by atoms with Crippen LogP contribution in [0, 0.1) is 0 Å². The van der Waals surface area contributed by atoms with Crippen molar-refractivity contribution in [1.29, 1.82) is 0 Å². The first-order valence-electron chi connectivity index (χ1n) is 8.62. The number of sulfone groups is 1. The summed E-state index contributed by atoms with van der Waals surface area (Å²) < 4.78 is 59.5. The summed E-state index contributed by atoms with van der Waals surface area (Å²) in [7, 11) is -4.71. The Balaban J connectivity index is 1.84. The number of rotatable bonds is 6. The van der Waals surface area contributed by atoms with Gasteiger partial charge in [0.1, 0.15) is 17.6 Å². The molecule has 0 bridgehead atoms. The van der Waals surface area contributed by atoms with Crippen LogP contribution < -0.4 is 14.8 Å². The van der Waals surface area contributed by atoms with E-state index in [1.54, 1.807) is 6.07 Å². The van der Waals surface area contributed by atoms with Gasteiger partial charge in [-0.05, 0) is 44.2 Å². The molecule has 6 nitrogen and oxygen atoms in total. The quantitative estimate of drug-likeness (QED) is 0.785. The fourth-order valence-electron chi connectivity index (χ4n) is 2.91. The largest absolute Gasteiger partial charge is 0.492 e. The maximum atomic E-state index is 12.6. The Morgan fingerprint density at radius 2 is 1.96 bits per heavy atom. The molecule has 2 aromatic rings. The molecular formula is C19H19F2NO5S. The maximum Gasteiger partial charge on any atom is 0.341 e. The van der Waals surface area contributed by atoms with Crippen molar-refractivity contribution >= 4 is 21.4 Å². The van der Waals surface area contributed by atoms with Crippen molar-refractivity contribution in [3.63, 3.8) is 0 Å². The average Bonchev–Trinajstić information content (AvgIpc) is 3.01. The lowest BCUT2D eigenvalue weighted by Gasteiger charge is -2.14. The number of ether oxygens (including phenoxy) is 2. The van der Waals surface area contributed by atoms with E-state index in [1.165, 1.54) is 12.1 Å². The van der Waals surface area contributed by atoms with Gasteiger partial charge in [-0.1, -0.05) is 0 Å². The number of fused-ring (bicyclic) bond motifs is 1. The van der Waals surface area contributed by atoms with Gasteiger partial charge in [-0.3, -0.25) is 4.79 Å². The number of benzene rings is 2. The van der Waals surface area contributed by atoms with E-state index in [2.05, 4.69) is 5.32 Å². The first kappa shape index (κ1) is 20.1. The number of carbonyl (C=O) groups excluding carboxylic acids is 1. The summed E-state index contributed by atoms with van der Waals surface area (Å²) in [5.74, 6) is -2.91. The third kappa shape index (κ3) is 3.94. The molecule has 1 N–H and O–H groups in total. The van der Waals surface area contributed by atoms with Crippen LogP contribution in [0.4, 0.5) is 14.5 Å². The fraction of sp³-hybridized carbons (Fsp3) is 0.316. The summed E-state index contributed by atoms with van der Waals surface area (Å²) >= 11 is 0. The number of carbonyl (C=O) groups is 1. The number of nitrogens with one attached hydrogen (secondary N) is 1. The number of amides is 1. The Morgan fingerprint density at radius 1 is 1.29 bits per heavy atom. The standard InChI is InChI=1S/C19H19F2NO5S/c1-3-26-17-9-13-8-11(2)27-16(13)10-15(17)22-18(23)12-4-6-14(7-5-12)28(24,25)19(20)21/h4-7,9-11,19H,3,8H2,1-2H3,(H,22,23)/t11-/m1/s1. The molecule has 1 heterocycles. The Bertz CT molecular complexity index is 990. The molecule has 2 aromatic carbocycles. The minimum Gasteiger partial charge on any atom is -0.492 e. The molecule has 1 amide bonds. The topological polar surface area (TPSA) is 81.7 Å². The molecule has 0 aromatic heterocycles. The van der Waals surface area contributed by atoms with Crippen LogP contribution in [-0.4, -0.2) is 32.8 Å². The summed E-state index contributed by atoms with van der Waals surface area (Å²) in [5, 5.41) is 2.70. The zero-order chi connectivity index (χ0) is 20.5. The van der Waals surface area contributed by atoms with Gasteiger partial charge in [0.25, 0.3) is 5.91 Å². The van der Waals surface area contributed by atoms with Gasteiger partial charge in [0, 0.05) is 23.6 Å². The van der Waals surface area contributed by atoms with Crippen LogP contribution in [0.3, 0.4) is 0 Å². The number of hydrogen-bond donors (Lipinski definition) is 1. The summed E-state index contributed by atoms with van der Waals surface area (Å²) in [6.45, 7) is 4.16. The second-order valence-corrected chi connectivity index (χ2v) is 8.22. The highest BCUT2D eigenvalue weighted by atomic mass is 32.2. The van der Waals surface area contributed by atoms with Crippen molar-refractivity contribution in [3.8, 4) is 11.5 Å². The van der Waals surface area contributed by atoms with Gasteiger partial charge in [0.15, 0.2) is 0 Å². The van der Waals surface area contributed by atoms with Gasteiger partial charge < -0.3 is 14.8 Å². The van der Waals surface area contributed by atoms with Crippen LogP contribution in [0.5, 0.6) is 11.5 Å². The van der Waals surface area contributed by atoms with E-state index < -0.39 is 26.4 Å². The third-order valence-corrected chi connectivity index (χ3v) is 5.62. The second kappa shape index (κ2) is 7.75. The molecule has 0 saturated carbocycles. The predicted molar refractivity (Wildman–Crippen MR) is 99.0 cm³/mol. The maximum absolute atomic E-state index is 12.6. The molecule has 0 aliphatic carbocycles. The van der Waals surface area contributed by atoms with E-state index in [0.717, 1.165) is 24.1 Å². The molecule has 1 aliphatic rings. The van der Waals surface area contributed by atoms with E-state index in [1.807, 2.05) is 19.9 Å². The highest BCUT2D eigenvalue weighted by molar-refractivity contribution is 7.91. The molecule has 1 atom stereocenters. The Morgan fingerprint density at radius 3 is 2.57 bits per heavy atom. The molecule has 150 valence electrons. The fourth-order valence-corrected chi connectivity index (χ4v) is 3.63. The number of alkyl halides is 2. The number of anilines is 1. The van der Waals surface area contributed by atoms with Crippen LogP contribution in [-0.2, 0) is 16.3 Å². The van der Waals surface area contributed by atoms with Gasteiger partial charge in [0.05, 0.1) is 17.2 Å². The highest BCUT2D eigenvalue weighted by Crippen LogP contribution is 2.38. The molecule has 0 unspecified atom stereocenters. The van der Waals surface area contributed by atoms with E-state index >= 15 is 0 Å². The molecule has 0 fully saturated rings. The lowest BCUT2D eigenvalue weighted by Crippen LogP contribution is -2.14. The molecule has 1 aliphatic heterocycles. The summed E-state index contributed by atoms with van der Waals surface area (Å²) in [6.07, 6.45) is 0.767. The predicted octanol–water partition coefficient (Wildman–Crippen LogP) is 3.66. The molecule has 28 heavy (non-hydrogen) atoms. The zero-order valence-electron chi connectivity index (χ0n) is 15.2. The lowest BCUT2D eigenvalue weighted by atomic mass is 10.1. The number of halogens is 2. The number of hydrogen-bond acceptors (Lipinski definition) is 5. The first-order chi connectivity index (χ1) is 13.2. The minimum atomic E-state index is -4.71. The Kier molecular flexibility index (Phi) is 5.55. The second-order valence-electron chi connectivity index (χ2n) is 6.31. The van der Waals surface area contributed by atoms with Crippen molar-refractivity contribution < 1.29 is 31.5 Å². The minimum absolute atomic E-state index is 0.0276. The smallest absolute Gasteiger partial charge is 0.341 e. The van der Waals surface area contributed by atoms with E-state index in [9.17, 15) is 22.0 Å². The SMILES string of the molecule is CCOc1cc2c(cc1NC(=O)c1ccc(S(=O)(=O)C(F)F)cc1)O[C@H](C)C2. The van der Waals surface area contributed by atoms with Crippen molar-refractivity contribution in [1.82, 2.24) is 0 Å². The molecule has 3 rings (SSSR count). The lowest BCUT2D eigenvalue weighted by molar-refractivity contribution is 0.102. The van der Waals surface area contributed by atoms with Crippen LogP contribution in [0.2, 0.25) is 0 Å². The molecule has 0 saturated heterocycles. The van der Waals surface area contributed by atoms with Gasteiger partial charge in [-0.25, -0.2) is 8.42 Å². The molecule has 0 spiro atoms. The summed E-state index contributed by atoms with van der Waals surface area (Å²) in [4.78, 5) is 12.0. The van der Waals surface area contributed by atoms with E-state index in [4.69, 9.17) is 9.47 Å². The molecule has 0 radical (unpaired) electrons. The van der Waals surface area contributed by atoms with E-state index in [-0.39, 0.29) is 11.7 Å². The normalized spacial score (nSPS) is 15.8. The summed E-state index contributed by atoms with van der Waals surface area (Å²) in [5.41, 5.74) is 1.50. The monoisotopic (exact) mass is 411 g/mol.